The van der Waals surface area contributed by atoms with Gasteiger partial charge in [0.15, 0.2) is 0 Å². The number of benzene rings is 1. The van der Waals surface area contributed by atoms with Crippen LogP contribution in [0.1, 0.15) is 30.1 Å². The van der Waals surface area contributed by atoms with Crippen LogP contribution in [-0.2, 0) is 19.0 Å². The normalized spacial score (nSPS) is 19.0. The third-order valence-corrected chi connectivity index (χ3v) is 4.05. The van der Waals surface area contributed by atoms with Gasteiger partial charge in [-0.25, -0.2) is 4.79 Å². The van der Waals surface area contributed by atoms with Gasteiger partial charge in [-0.15, -0.1) is 0 Å². The van der Waals surface area contributed by atoms with E-state index in [0.717, 1.165) is 31.3 Å². The molecule has 22 heavy (non-hydrogen) atoms. The number of anilines is 1. The van der Waals surface area contributed by atoms with Gasteiger partial charge in [0.25, 0.3) is 10.1 Å². The van der Waals surface area contributed by atoms with Crippen molar-refractivity contribution < 1.29 is 22.1 Å². The summed E-state index contributed by atoms with van der Waals surface area (Å²) in [4.78, 5) is 13.7. The highest BCUT2D eigenvalue weighted by molar-refractivity contribution is 7.86. The van der Waals surface area contributed by atoms with Gasteiger partial charge in [-0.3, -0.25) is 4.18 Å². The van der Waals surface area contributed by atoms with Crippen LogP contribution in [0.15, 0.2) is 24.3 Å². The van der Waals surface area contributed by atoms with Crippen molar-refractivity contribution in [3.63, 3.8) is 0 Å². The SMILES string of the molecule is CCOC(=O)c1ccc(N2CCCC(OS(C)(=O)=O)C2)cc1. The average Bonchev–Trinajstić information content (AvgIpc) is 2.46. The number of rotatable bonds is 5. The lowest BCUT2D eigenvalue weighted by molar-refractivity contribution is 0.0526. The fourth-order valence-corrected chi connectivity index (χ4v) is 3.17. The molecule has 0 N–H and O–H groups in total. The molecule has 1 aromatic rings. The van der Waals surface area contributed by atoms with Crippen LogP contribution >= 0.6 is 0 Å². The molecule has 1 aromatic carbocycles. The summed E-state index contributed by atoms with van der Waals surface area (Å²) >= 11 is 0. The minimum absolute atomic E-state index is 0.325. The van der Waals surface area contributed by atoms with Crippen LogP contribution in [0.5, 0.6) is 0 Å². The Morgan fingerprint density at radius 3 is 2.59 bits per heavy atom. The standard InChI is InChI=1S/C15H21NO5S/c1-3-20-15(17)12-6-8-13(9-7-12)16-10-4-5-14(11-16)21-22(2,18)19/h6-9,14H,3-5,10-11H2,1-2H3. The maximum Gasteiger partial charge on any atom is 0.338 e. The molecule has 7 heteroatoms. The number of piperidine rings is 1. The highest BCUT2D eigenvalue weighted by Gasteiger charge is 2.24. The van der Waals surface area contributed by atoms with E-state index in [1.165, 1.54) is 0 Å². The maximum atomic E-state index is 11.6. The quantitative estimate of drug-likeness (QED) is 0.606. The molecular weight excluding hydrogens is 306 g/mol. The van der Waals surface area contributed by atoms with Crippen molar-refractivity contribution in [2.75, 3.05) is 30.9 Å². The lowest BCUT2D eigenvalue weighted by Crippen LogP contribution is -2.40. The smallest absolute Gasteiger partial charge is 0.338 e. The monoisotopic (exact) mass is 327 g/mol. The zero-order chi connectivity index (χ0) is 16.2. The predicted molar refractivity (Wildman–Crippen MR) is 83.6 cm³/mol. The van der Waals surface area contributed by atoms with Gasteiger partial charge in [-0.1, -0.05) is 0 Å². The first-order valence-corrected chi connectivity index (χ1v) is 9.11. The van der Waals surface area contributed by atoms with Gasteiger partial charge in [0.1, 0.15) is 0 Å². The topological polar surface area (TPSA) is 72.9 Å². The third kappa shape index (κ3) is 4.71. The summed E-state index contributed by atoms with van der Waals surface area (Å²) in [6, 6.07) is 7.12. The third-order valence-electron chi connectivity index (χ3n) is 3.43. The van der Waals surface area contributed by atoms with E-state index >= 15 is 0 Å². The first-order chi connectivity index (χ1) is 10.4. The van der Waals surface area contributed by atoms with E-state index in [1.54, 1.807) is 19.1 Å². The molecule has 1 saturated heterocycles. The Bertz CT molecular complexity index is 611. The van der Waals surface area contributed by atoms with E-state index < -0.39 is 10.1 Å². The first kappa shape index (κ1) is 16.8. The van der Waals surface area contributed by atoms with E-state index in [-0.39, 0.29) is 12.1 Å². The summed E-state index contributed by atoms with van der Waals surface area (Å²) in [7, 11) is -3.44. The number of hydrogen-bond donors (Lipinski definition) is 0. The second kappa shape index (κ2) is 7.11. The Morgan fingerprint density at radius 2 is 2.00 bits per heavy atom. The lowest BCUT2D eigenvalue weighted by Gasteiger charge is -2.33. The Hall–Kier alpha value is -1.60. The second-order valence-corrected chi connectivity index (χ2v) is 6.88. The highest BCUT2D eigenvalue weighted by Crippen LogP contribution is 2.22. The molecule has 1 fully saturated rings. The molecule has 0 bridgehead atoms. The van der Waals surface area contributed by atoms with Crippen molar-refractivity contribution >= 4 is 21.8 Å². The van der Waals surface area contributed by atoms with Gasteiger partial charge in [0.2, 0.25) is 0 Å². The van der Waals surface area contributed by atoms with Crippen LogP contribution in [0.25, 0.3) is 0 Å². The van der Waals surface area contributed by atoms with Gasteiger partial charge in [0, 0.05) is 18.8 Å². The molecule has 122 valence electrons. The number of nitrogens with zero attached hydrogens (tertiary/aromatic N) is 1. The fourth-order valence-electron chi connectivity index (χ4n) is 2.52. The molecule has 1 heterocycles. The summed E-state index contributed by atoms with van der Waals surface area (Å²) < 4.78 is 32.5. The van der Waals surface area contributed by atoms with Crippen LogP contribution in [0.3, 0.4) is 0 Å². The van der Waals surface area contributed by atoms with E-state index in [0.29, 0.717) is 18.7 Å². The van der Waals surface area contributed by atoms with Gasteiger partial charge < -0.3 is 9.64 Å². The molecule has 0 saturated carbocycles. The highest BCUT2D eigenvalue weighted by atomic mass is 32.2. The first-order valence-electron chi connectivity index (χ1n) is 7.29. The molecule has 1 unspecified atom stereocenters. The minimum atomic E-state index is -3.44. The van der Waals surface area contributed by atoms with Gasteiger partial charge >= 0.3 is 5.97 Å². The van der Waals surface area contributed by atoms with Gasteiger partial charge in [0.05, 0.1) is 24.5 Å². The average molecular weight is 327 g/mol. The van der Waals surface area contributed by atoms with E-state index in [2.05, 4.69) is 4.90 Å². The van der Waals surface area contributed by atoms with Crippen LogP contribution in [0, 0.1) is 0 Å². The number of esters is 1. The van der Waals surface area contributed by atoms with Crippen LogP contribution in [0.2, 0.25) is 0 Å². The predicted octanol–water partition coefficient (Wildman–Crippen LogP) is 1.81. The molecule has 0 spiro atoms. The zero-order valence-corrected chi connectivity index (χ0v) is 13.6. The number of carbonyl (C=O) groups excluding carboxylic acids is 1. The van der Waals surface area contributed by atoms with E-state index in [1.807, 2.05) is 12.1 Å². The molecular formula is C15H21NO5S. The van der Waals surface area contributed by atoms with Gasteiger partial charge in [-0.05, 0) is 44.0 Å². The lowest BCUT2D eigenvalue weighted by atomic mass is 10.1. The molecule has 0 aromatic heterocycles. The number of carbonyl (C=O) groups is 1. The molecule has 1 atom stereocenters. The maximum absolute atomic E-state index is 11.6. The summed E-state index contributed by atoms with van der Waals surface area (Å²) in [5, 5.41) is 0. The second-order valence-electron chi connectivity index (χ2n) is 5.28. The Balaban J connectivity index is 2.03. The van der Waals surface area contributed by atoms with Crippen LogP contribution < -0.4 is 4.90 Å². The van der Waals surface area contributed by atoms with Crippen LogP contribution in [0.4, 0.5) is 5.69 Å². The summed E-state index contributed by atoms with van der Waals surface area (Å²) in [6.45, 7) is 3.47. The molecule has 0 amide bonds. The summed E-state index contributed by atoms with van der Waals surface area (Å²) in [5.41, 5.74) is 1.45. The Morgan fingerprint density at radius 1 is 1.32 bits per heavy atom. The van der Waals surface area contributed by atoms with Crippen molar-refractivity contribution in [3.8, 4) is 0 Å². The van der Waals surface area contributed by atoms with Crippen molar-refractivity contribution in [3.05, 3.63) is 29.8 Å². The fraction of sp³-hybridized carbons (Fsp3) is 0.533. The van der Waals surface area contributed by atoms with E-state index in [4.69, 9.17) is 8.92 Å². The summed E-state index contributed by atoms with van der Waals surface area (Å²) in [5.74, 6) is -0.342. The molecule has 1 aliphatic rings. The van der Waals surface area contributed by atoms with Crippen molar-refractivity contribution in [1.82, 2.24) is 0 Å². The number of hydrogen-bond acceptors (Lipinski definition) is 6. The largest absolute Gasteiger partial charge is 0.462 e. The Kier molecular flexibility index (Phi) is 5.42. The zero-order valence-electron chi connectivity index (χ0n) is 12.8. The van der Waals surface area contributed by atoms with Crippen molar-refractivity contribution in [1.29, 1.82) is 0 Å². The van der Waals surface area contributed by atoms with Crippen molar-refractivity contribution in [2.24, 2.45) is 0 Å². The van der Waals surface area contributed by atoms with Gasteiger partial charge in [-0.2, -0.15) is 8.42 Å². The molecule has 6 nitrogen and oxygen atoms in total. The van der Waals surface area contributed by atoms with Crippen LogP contribution in [-0.4, -0.2) is 46.4 Å². The van der Waals surface area contributed by atoms with E-state index in [9.17, 15) is 13.2 Å². The Labute approximate surface area is 131 Å². The summed E-state index contributed by atoms with van der Waals surface area (Å²) in [6.07, 6.45) is 2.33. The molecule has 0 aliphatic carbocycles. The number of ether oxygens (including phenoxy) is 1. The molecule has 1 aliphatic heterocycles. The van der Waals surface area contributed by atoms with Crippen molar-refractivity contribution in [2.45, 2.75) is 25.9 Å². The molecule has 2 rings (SSSR count). The molecule has 0 radical (unpaired) electrons. The minimum Gasteiger partial charge on any atom is -0.462 e.